The first kappa shape index (κ1) is 16.4. The van der Waals surface area contributed by atoms with E-state index in [1.54, 1.807) is 25.6 Å². The topological polar surface area (TPSA) is 32.3 Å². The monoisotopic (exact) mass is 289 g/mol. The summed E-state index contributed by atoms with van der Waals surface area (Å²) in [6.07, 6.45) is 0. The van der Waals surface area contributed by atoms with E-state index < -0.39 is 17.2 Å². The number of thioether (sulfide) groups is 1. The second-order valence-corrected chi connectivity index (χ2v) is 6.31. The van der Waals surface area contributed by atoms with E-state index in [1.807, 2.05) is 6.92 Å². The summed E-state index contributed by atoms with van der Waals surface area (Å²) in [5.41, 5.74) is -0.201. The Bertz CT molecular complexity index is 407. The summed E-state index contributed by atoms with van der Waals surface area (Å²) in [5, 5.41) is 12.7. The van der Waals surface area contributed by atoms with Crippen molar-refractivity contribution in [3.63, 3.8) is 0 Å². The molecule has 1 aromatic carbocycles. The maximum atomic E-state index is 13.5. The smallest absolute Gasteiger partial charge is 0.130 e. The third-order valence-corrected chi connectivity index (χ3v) is 3.98. The molecule has 0 aliphatic heterocycles. The molecule has 0 bridgehead atoms. The van der Waals surface area contributed by atoms with E-state index in [1.165, 1.54) is 12.1 Å². The molecule has 5 heteroatoms. The molecule has 19 heavy (non-hydrogen) atoms. The molecule has 108 valence electrons. The van der Waals surface area contributed by atoms with Crippen LogP contribution < -0.4 is 5.32 Å². The molecule has 0 saturated heterocycles. The molecular formula is C14H21F2NOS. The van der Waals surface area contributed by atoms with Gasteiger partial charge < -0.3 is 10.4 Å². The van der Waals surface area contributed by atoms with Crippen molar-refractivity contribution in [2.24, 2.45) is 0 Å². The average molecular weight is 289 g/mol. The summed E-state index contributed by atoms with van der Waals surface area (Å²) < 4.78 is 26.3. The Morgan fingerprint density at radius 3 is 2.63 bits per heavy atom. The van der Waals surface area contributed by atoms with Gasteiger partial charge in [-0.1, -0.05) is 6.07 Å². The summed E-state index contributed by atoms with van der Waals surface area (Å²) in [6, 6.07) is 3.46. The second kappa shape index (κ2) is 7.22. The van der Waals surface area contributed by atoms with Gasteiger partial charge in [0.15, 0.2) is 0 Å². The fourth-order valence-corrected chi connectivity index (χ4v) is 2.54. The number of nitrogens with one attached hydrogen (secondary N) is 1. The maximum Gasteiger partial charge on any atom is 0.130 e. The van der Waals surface area contributed by atoms with Crippen molar-refractivity contribution < 1.29 is 13.9 Å². The van der Waals surface area contributed by atoms with Crippen LogP contribution in [0.2, 0.25) is 0 Å². The molecule has 0 fully saturated rings. The first-order chi connectivity index (χ1) is 8.79. The highest BCUT2D eigenvalue weighted by molar-refractivity contribution is 7.99. The minimum atomic E-state index is -0.667. The normalized spacial score (nSPS) is 13.6. The van der Waals surface area contributed by atoms with E-state index in [0.29, 0.717) is 17.9 Å². The quantitative estimate of drug-likeness (QED) is 0.757. The summed E-state index contributed by atoms with van der Waals surface area (Å²) in [4.78, 5) is 0. The average Bonchev–Trinajstić information content (AvgIpc) is 2.26. The Morgan fingerprint density at radius 1 is 1.37 bits per heavy atom. The SMILES string of the molecule is C[C@H](NCCSCC(C)(C)O)c1ccc(F)cc1F. The summed E-state index contributed by atoms with van der Waals surface area (Å²) >= 11 is 1.64. The van der Waals surface area contributed by atoms with Crippen molar-refractivity contribution in [1.29, 1.82) is 0 Å². The van der Waals surface area contributed by atoms with Crippen LogP contribution in [0.15, 0.2) is 18.2 Å². The highest BCUT2D eigenvalue weighted by atomic mass is 32.2. The molecule has 0 unspecified atom stereocenters. The van der Waals surface area contributed by atoms with Crippen LogP contribution in [0, 0.1) is 11.6 Å². The predicted octanol–water partition coefficient (Wildman–Crippen LogP) is 3.12. The van der Waals surface area contributed by atoms with Crippen LogP contribution in [0.1, 0.15) is 32.4 Å². The van der Waals surface area contributed by atoms with Gasteiger partial charge in [-0.15, -0.1) is 0 Å². The van der Waals surface area contributed by atoms with Gasteiger partial charge in [0.1, 0.15) is 11.6 Å². The van der Waals surface area contributed by atoms with Gasteiger partial charge in [-0.05, 0) is 26.8 Å². The largest absolute Gasteiger partial charge is 0.390 e. The number of hydrogen-bond donors (Lipinski definition) is 2. The Labute approximate surface area is 117 Å². The summed E-state index contributed by atoms with van der Waals surface area (Å²) in [6.45, 7) is 6.09. The lowest BCUT2D eigenvalue weighted by Crippen LogP contribution is -2.25. The summed E-state index contributed by atoms with van der Waals surface area (Å²) in [7, 11) is 0. The molecule has 0 aliphatic carbocycles. The highest BCUT2D eigenvalue weighted by Gasteiger charge is 2.13. The molecule has 1 rings (SSSR count). The number of halogens is 2. The van der Waals surface area contributed by atoms with Crippen LogP contribution in [0.4, 0.5) is 8.78 Å². The molecule has 0 saturated carbocycles. The van der Waals surface area contributed by atoms with E-state index in [9.17, 15) is 13.9 Å². The number of benzene rings is 1. The van der Waals surface area contributed by atoms with Gasteiger partial charge in [-0.2, -0.15) is 11.8 Å². The molecule has 0 spiro atoms. The van der Waals surface area contributed by atoms with E-state index in [0.717, 1.165) is 11.8 Å². The molecule has 0 aromatic heterocycles. The molecule has 2 nitrogen and oxygen atoms in total. The number of hydrogen-bond acceptors (Lipinski definition) is 3. The fraction of sp³-hybridized carbons (Fsp3) is 0.571. The van der Waals surface area contributed by atoms with Gasteiger partial charge in [0.05, 0.1) is 5.60 Å². The van der Waals surface area contributed by atoms with Crippen LogP contribution in [0.3, 0.4) is 0 Å². The Hall–Kier alpha value is -0.650. The van der Waals surface area contributed by atoms with Gasteiger partial charge >= 0.3 is 0 Å². The van der Waals surface area contributed by atoms with Crippen LogP contribution >= 0.6 is 11.8 Å². The van der Waals surface area contributed by atoms with Gasteiger partial charge in [0.2, 0.25) is 0 Å². The van der Waals surface area contributed by atoms with Crippen molar-refractivity contribution in [3.05, 3.63) is 35.4 Å². The van der Waals surface area contributed by atoms with E-state index in [2.05, 4.69) is 5.32 Å². The second-order valence-electron chi connectivity index (χ2n) is 5.21. The molecule has 2 N–H and O–H groups in total. The van der Waals surface area contributed by atoms with Crippen LogP contribution in [0.5, 0.6) is 0 Å². The van der Waals surface area contributed by atoms with E-state index in [-0.39, 0.29) is 6.04 Å². The molecule has 0 amide bonds. The Balaban J connectivity index is 2.33. The maximum absolute atomic E-state index is 13.5. The number of rotatable bonds is 7. The third-order valence-electron chi connectivity index (χ3n) is 2.58. The van der Waals surface area contributed by atoms with Crippen LogP contribution in [-0.2, 0) is 0 Å². The number of aliphatic hydroxyl groups is 1. The Morgan fingerprint density at radius 2 is 2.05 bits per heavy atom. The van der Waals surface area contributed by atoms with Crippen LogP contribution in [0.25, 0.3) is 0 Å². The first-order valence-corrected chi connectivity index (χ1v) is 7.43. The zero-order valence-electron chi connectivity index (χ0n) is 11.5. The lowest BCUT2D eigenvalue weighted by atomic mass is 10.1. The molecular weight excluding hydrogens is 268 g/mol. The van der Waals surface area contributed by atoms with Gasteiger partial charge in [-0.25, -0.2) is 8.78 Å². The van der Waals surface area contributed by atoms with Crippen molar-refractivity contribution in [2.75, 3.05) is 18.1 Å². The van der Waals surface area contributed by atoms with E-state index >= 15 is 0 Å². The fourth-order valence-electron chi connectivity index (χ4n) is 1.63. The predicted molar refractivity (Wildman–Crippen MR) is 76.4 cm³/mol. The van der Waals surface area contributed by atoms with Gasteiger partial charge in [-0.3, -0.25) is 0 Å². The van der Waals surface area contributed by atoms with Crippen LogP contribution in [-0.4, -0.2) is 28.8 Å². The lowest BCUT2D eigenvalue weighted by Gasteiger charge is -2.18. The molecule has 0 aliphatic rings. The highest BCUT2D eigenvalue weighted by Crippen LogP contribution is 2.18. The zero-order valence-corrected chi connectivity index (χ0v) is 12.4. The zero-order chi connectivity index (χ0) is 14.5. The minimum Gasteiger partial charge on any atom is -0.390 e. The van der Waals surface area contributed by atoms with Gasteiger partial charge in [0.25, 0.3) is 0 Å². The third kappa shape index (κ3) is 6.36. The van der Waals surface area contributed by atoms with E-state index in [4.69, 9.17) is 0 Å². The first-order valence-electron chi connectivity index (χ1n) is 6.28. The van der Waals surface area contributed by atoms with Gasteiger partial charge in [0, 0.05) is 35.7 Å². The molecule has 1 atom stereocenters. The van der Waals surface area contributed by atoms with Crippen molar-refractivity contribution >= 4 is 11.8 Å². The van der Waals surface area contributed by atoms with Crippen molar-refractivity contribution in [1.82, 2.24) is 5.32 Å². The van der Waals surface area contributed by atoms with Crippen molar-refractivity contribution in [3.8, 4) is 0 Å². The molecule has 0 heterocycles. The summed E-state index contributed by atoms with van der Waals surface area (Å²) in [5.74, 6) is 0.406. The molecule has 0 radical (unpaired) electrons. The Kier molecular flexibility index (Phi) is 6.23. The molecule has 1 aromatic rings. The van der Waals surface area contributed by atoms with Crippen molar-refractivity contribution in [2.45, 2.75) is 32.4 Å². The minimum absolute atomic E-state index is 0.164. The standard InChI is InChI=1S/C14H21F2NOS/c1-10(12-5-4-11(15)8-13(12)16)17-6-7-19-9-14(2,3)18/h4-5,8,10,17-18H,6-7,9H2,1-3H3/t10-/m0/s1. The lowest BCUT2D eigenvalue weighted by molar-refractivity contribution is 0.107.